The Labute approximate surface area is 130 Å². The van der Waals surface area contributed by atoms with Gasteiger partial charge in [0.2, 0.25) is 0 Å². The molecule has 1 unspecified atom stereocenters. The summed E-state index contributed by atoms with van der Waals surface area (Å²) in [5.41, 5.74) is -1.42. The minimum atomic E-state index is -1.64. The Morgan fingerprint density at radius 3 is 2.18 bits per heavy atom. The smallest absolute Gasteiger partial charge is 0.345 e. The van der Waals surface area contributed by atoms with E-state index in [0.717, 1.165) is 6.42 Å². The summed E-state index contributed by atoms with van der Waals surface area (Å²) in [7, 11) is 0. The standard InChI is InChI=1S/C17H22O5/c1-3-5-12-17(11-4-2,15(19)20)16(21)22-14(18)13-9-7-6-8-10-13/h6-10H,3-5,11-12H2,1-2H3,(H,19,20). The maximum Gasteiger partial charge on any atom is 0.345 e. The number of esters is 2. The van der Waals surface area contributed by atoms with Crippen molar-refractivity contribution in [3.8, 4) is 0 Å². The minimum Gasteiger partial charge on any atom is -0.480 e. The Hall–Kier alpha value is -2.17. The summed E-state index contributed by atoms with van der Waals surface area (Å²) in [5.74, 6) is -3.01. The molecule has 0 amide bonds. The van der Waals surface area contributed by atoms with Crippen molar-refractivity contribution >= 4 is 17.9 Å². The molecule has 0 bridgehead atoms. The number of carbonyl (C=O) groups excluding carboxylic acids is 2. The lowest BCUT2D eigenvalue weighted by Crippen LogP contribution is -2.41. The molecule has 120 valence electrons. The second kappa shape index (κ2) is 8.32. The zero-order valence-corrected chi connectivity index (χ0v) is 13.0. The van der Waals surface area contributed by atoms with Gasteiger partial charge in [-0.1, -0.05) is 51.3 Å². The van der Waals surface area contributed by atoms with E-state index in [1.807, 2.05) is 6.92 Å². The SMILES string of the molecule is CCCCC(CCC)(C(=O)O)C(=O)OC(=O)c1ccccc1. The molecule has 1 rings (SSSR count). The average Bonchev–Trinajstić information content (AvgIpc) is 2.51. The Balaban J connectivity index is 2.96. The highest BCUT2D eigenvalue weighted by molar-refractivity contribution is 6.05. The van der Waals surface area contributed by atoms with Crippen LogP contribution < -0.4 is 0 Å². The number of ether oxygens (including phenoxy) is 1. The fourth-order valence-corrected chi connectivity index (χ4v) is 2.35. The highest BCUT2D eigenvalue weighted by Crippen LogP contribution is 2.33. The van der Waals surface area contributed by atoms with Gasteiger partial charge in [-0.3, -0.25) is 9.59 Å². The molecule has 1 N–H and O–H groups in total. The second-order valence-corrected chi connectivity index (χ2v) is 5.28. The van der Waals surface area contributed by atoms with Crippen molar-refractivity contribution in [1.82, 2.24) is 0 Å². The Kier molecular flexibility index (Phi) is 6.76. The van der Waals surface area contributed by atoms with Crippen LogP contribution in [0, 0.1) is 5.41 Å². The van der Waals surface area contributed by atoms with Gasteiger partial charge in [-0.2, -0.15) is 0 Å². The fraction of sp³-hybridized carbons (Fsp3) is 0.471. The lowest BCUT2D eigenvalue weighted by molar-refractivity contribution is -0.166. The summed E-state index contributed by atoms with van der Waals surface area (Å²) >= 11 is 0. The first kappa shape index (κ1) is 17.9. The maximum atomic E-state index is 12.4. The normalized spacial score (nSPS) is 13.2. The van der Waals surface area contributed by atoms with E-state index < -0.39 is 23.3 Å². The molecular formula is C17H22O5. The van der Waals surface area contributed by atoms with Crippen molar-refractivity contribution < 1.29 is 24.2 Å². The largest absolute Gasteiger partial charge is 0.480 e. The predicted molar refractivity (Wildman–Crippen MR) is 81.4 cm³/mol. The van der Waals surface area contributed by atoms with Crippen molar-refractivity contribution in [2.75, 3.05) is 0 Å². The number of aliphatic carboxylic acids is 1. The van der Waals surface area contributed by atoms with Crippen molar-refractivity contribution in [3.63, 3.8) is 0 Å². The molecule has 0 heterocycles. The zero-order valence-electron chi connectivity index (χ0n) is 13.0. The van der Waals surface area contributed by atoms with Crippen molar-refractivity contribution in [2.24, 2.45) is 5.41 Å². The van der Waals surface area contributed by atoms with Crippen LogP contribution in [0.1, 0.15) is 56.3 Å². The molecule has 5 heteroatoms. The summed E-state index contributed by atoms with van der Waals surface area (Å²) in [5, 5.41) is 9.52. The van der Waals surface area contributed by atoms with Crippen LogP contribution in [0.2, 0.25) is 0 Å². The molecule has 0 aromatic heterocycles. The first-order chi connectivity index (χ1) is 10.5. The van der Waals surface area contributed by atoms with Crippen LogP contribution in [-0.4, -0.2) is 23.0 Å². The van der Waals surface area contributed by atoms with E-state index in [1.54, 1.807) is 25.1 Å². The van der Waals surface area contributed by atoms with Gasteiger partial charge in [0.1, 0.15) is 0 Å². The quantitative estimate of drug-likeness (QED) is 0.588. The topological polar surface area (TPSA) is 80.7 Å². The van der Waals surface area contributed by atoms with Crippen LogP contribution in [0.25, 0.3) is 0 Å². The molecule has 5 nitrogen and oxygen atoms in total. The number of carboxylic acid groups (broad SMARTS) is 1. The molecule has 1 aromatic rings. The van der Waals surface area contributed by atoms with Gasteiger partial charge in [-0.25, -0.2) is 4.79 Å². The highest BCUT2D eigenvalue weighted by Gasteiger charge is 2.47. The third kappa shape index (κ3) is 4.16. The Bertz CT molecular complexity index is 523. The monoisotopic (exact) mass is 306 g/mol. The first-order valence-electron chi connectivity index (χ1n) is 7.53. The van der Waals surface area contributed by atoms with Crippen LogP contribution in [0.5, 0.6) is 0 Å². The molecule has 0 radical (unpaired) electrons. The molecular weight excluding hydrogens is 284 g/mol. The van der Waals surface area contributed by atoms with E-state index >= 15 is 0 Å². The molecule has 1 aromatic carbocycles. The van der Waals surface area contributed by atoms with Crippen LogP contribution in [0.3, 0.4) is 0 Å². The number of unbranched alkanes of at least 4 members (excludes halogenated alkanes) is 1. The summed E-state index contributed by atoms with van der Waals surface area (Å²) in [6, 6.07) is 8.07. The van der Waals surface area contributed by atoms with Crippen LogP contribution in [-0.2, 0) is 14.3 Å². The molecule has 0 spiro atoms. The van der Waals surface area contributed by atoms with Gasteiger partial charge in [0.15, 0.2) is 5.41 Å². The van der Waals surface area contributed by atoms with E-state index in [0.29, 0.717) is 12.8 Å². The van der Waals surface area contributed by atoms with Crippen LogP contribution in [0.4, 0.5) is 0 Å². The number of hydrogen-bond donors (Lipinski definition) is 1. The molecule has 22 heavy (non-hydrogen) atoms. The van der Waals surface area contributed by atoms with Crippen LogP contribution in [0.15, 0.2) is 30.3 Å². The van der Waals surface area contributed by atoms with Crippen molar-refractivity contribution in [1.29, 1.82) is 0 Å². The van der Waals surface area contributed by atoms with Crippen LogP contribution >= 0.6 is 0 Å². The van der Waals surface area contributed by atoms with Crippen molar-refractivity contribution in [2.45, 2.75) is 46.0 Å². The van der Waals surface area contributed by atoms with E-state index in [9.17, 15) is 19.5 Å². The number of benzene rings is 1. The van der Waals surface area contributed by atoms with Gasteiger partial charge in [-0.15, -0.1) is 0 Å². The summed E-state index contributed by atoms with van der Waals surface area (Å²) in [6.07, 6.45) is 2.20. The Morgan fingerprint density at radius 1 is 1.05 bits per heavy atom. The predicted octanol–water partition coefficient (Wildman–Crippen LogP) is 3.43. The molecule has 0 aliphatic heterocycles. The fourth-order valence-electron chi connectivity index (χ4n) is 2.35. The van der Waals surface area contributed by atoms with Gasteiger partial charge in [0, 0.05) is 0 Å². The first-order valence-corrected chi connectivity index (χ1v) is 7.53. The van der Waals surface area contributed by atoms with Gasteiger partial charge in [-0.05, 0) is 25.0 Å². The third-order valence-corrected chi connectivity index (χ3v) is 3.63. The zero-order chi connectivity index (χ0) is 16.6. The number of rotatable bonds is 8. The summed E-state index contributed by atoms with van der Waals surface area (Å²) < 4.78 is 4.85. The van der Waals surface area contributed by atoms with Gasteiger partial charge in [0.25, 0.3) is 0 Å². The molecule has 0 fully saturated rings. The van der Waals surface area contributed by atoms with Gasteiger partial charge >= 0.3 is 17.9 Å². The van der Waals surface area contributed by atoms with Gasteiger partial charge in [0.05, 0.1) is 5.56 Å². The number of carbonyl (C=O) groups is 3. The second-order valence-electron chi connectivity index (χ2n) is 5.28. The maximum absolute atomic E-state index is 12.4. The van der Waals surface area contributed by atoms with E-state index in [4.69, 9.17) is 4.74 Å². The van der Waals surface area contributed by atoms with E-state index in [1.165, 1.54) is 12.1 Å². The summed E-state index contributed by atoms with van der Waals surface area (Å²) in [6.45, 7) is 3.72. The van der Waals surface area contributed by atoms with Crippen molar-refractivity contribution in [3.05, 3.63) is 35.9 Å². The van der Waals surface area contributed by atoms with E-state index in [-0.39, 0.29) is 18.4 Å². The average molecular weight is 306 g/mol. The third-order valence-electron chi connectivity index (χ3n) is 3.63. The van der Waals surface area contributed by atoms with Gasteiger partial charge < -0.3 is 9.84 Å². The highest BCUT2D eigenvalue weighted by atomic mass is 16.6. The molecule has 0 aliphatic rings. The lowest BCUT2D eigenvalue weighted by atomic mass is 9.79. The summed E-state index contributed by atoms with van der Waals surface area (Å²) in [4.78, 5) is 36.0. The Morgan fingerprint density at radius 2 is 1.68 bits per heavy atom. The lowest BCUT2D eigenvalue weighted by Gasteiger charge is -2.26. The molecule has 0 saturated heterocycles. The molecule has 0 saturated carbocycles. The minimum absolute atomic E-state index is 0.156. The van der Waals surface area contributed by atoms with E-state index in [2.05, 4.69) is 0 Å². The molecule has 1 atom stereocenters. The number of hydrogen-bond acceptors (Lipinski definition) is 4. The molecule has 0 aliphatic carbocycles. The number of carboxylic acids is 1.